The molecule has 1 aliphatic heterocycles. The third-order valence-corrected chi connectivity index (χ3v) is 5.33. The summed E-state index contributed by atoms with van der Waals surface area (Å²) in [5.41, 5.74) is 1.60. The lowest BCUT2D eigenvalue weighted by molar-refractivity contribution is 0.0934. The van der Waals surface area contributed by atoms with Gasteiger partial charge in [-0.1, -0.05) is 6.92 Å². The first kappa shape index (κ1) is 15.8. The van der Waals surface area contributed by atoms with Crippen molar-refractivity contribution in [1.29, 1.82) is 0 Å². The van der Waals surface area contributed by atoms with Crippen molar-refractivity contribution in [3.63, 3.8) is 0 Å². The molecule has 1 aromatic rings. The fourth-order valence-electron chi connectivity index (χ4n) is 2.31. The molecule has 2 N–H and O–H groups in total. The van der Waals surface area contributed by atoms with Gasteiger partial charge in [0.25, 0.3) is 5.91 Å². The van der Waals surface area contributed by atoms with Gasteiger partial charge in [0.15, 0.2) is 0 Å². The molecule has 1 fully saturated rings. The van der Waals surface area contributed by atoms with E-state index in [1.807, 2.05) is 12.1 Å². The zero-order valence-corrected chi connectivity index (χ0v) is 13.1. The van der Waals surface area contributed by atoms with Crippen LogP contribution in [0.4, 0.5) is 5.69 Å². The van der Waals surface area contributed by atoms with E-state index in [9.17, 15) is 13.2 Å². The summed E-state index contributed by atoms with van der Waals surface area (Å²) in [7, 11) is -2.89. The van der Waals surface area contributed by atoms with Crippen LogP contribution in [0, 0.1) is 0 Å². The van der Waals surface area contributed by atoms with E-state index in [1.165, 1.54) is 0 Å². The molecule has 0 atom stereocenters. The first-order valence-corrected chi connectivity index (χ1v) is 9.17. The van der Waals surface area contributed by atoms with Gasteiger partial charge in [-0.2, -0.15) is 0 Å². The summed E-state index contributed by atoms with van der Waals surface area (Å²) in [6.45, 7) is 3.00. The number of amides is 1. The predicted octanol–water partition coefficient (Wildman–Crippen LogP) is 1.82. The predicted molar refractivity (Wildman–Crippen MR) is 84.4 cm³/mol. The van der Waals surface area contributed by atoms with Gasteiger partial charge in [-0.25, -0.2) is 8.42 Å². The number of nitrogens with one attached hydrogen (secondary N) is 2. The van der Waals surface area contributed by atoms with Crippen LogP contribution >= 0.6 is 0 Å². The molecule has 0 spiro atoms. The van der Waals surface area contributed by atoms with Crippen LogP contribution in [0.15, 0.2) is 24.3 Å². The maximum atomic E-state index is 12.1. The van der Waals surface area contributed by atoms with E-state index < -0.39 is 9.84 Å². The highest BCUT2D eigenvalue weighted by molar-refractivity contribution is 7.91. The van der Waals surface area contributed by atoms with Gasteiger partial charge in [0.05, 0.1) is 11.5 Å². The smallest absolute Gasteiger partial charge is 0.251 e. The van der Waals surface area contributed by atoms with Crippen molar-refractivity contribution in [2.45, 2.75) is 32.2 Å². The van der Waals surface area contributed by atoms with E-state index in [2.05, 4.69) is 17.6 Å². The van der Waals surface area contributed by atoms with Crippen LogP contribution in [0.3, 0.4) is 0 Å². The molecule has 5 nitrogen and oxygen atoms in total. The molecule has 0 radical (unpaired) electrons. The first-order chi connectivity index (χ1) is 10.00. The second kappa shape index (κ2) is 6.93. The van der Waals surface area contributed by atoms with Crippen molar-refractivity contribution in [2.24, 2.45) is 0 Å². The van der Waals surface area contributed by atoms with Crippen molar-refractivity contribution < 1.29 is 13.2 Å². The zero-order chi connectivity index (χ0) is 15.3. The summed E-state index contributed by atoms with van der Waals surface area (Å²) in [6.07, 6.45) is 2.06. The van der Waals surface area contributed by atoms with Gasteiger partial charge in [-0.05, 0) is 43.5 Å². The van der Waals surface area contributed by atoms with E-state index >= 15 is 0 Å². The summed E-state index contributed by atoms with van der Waals surface area (Å²) in [5.74, 6) is 0.191. The molecule has 21 heavy (non-hydrogen) atoms. The normalized spacial score (nSPS) is 18.1. The van der Waals surface area contributed by atoms with E-state index in [0.717, 1.165) is 18.7 Å². The molecule has 0 saturated carbocycles. The van der Waals surface area contributed by atoms with Crippen molar-refractivity contribution in [1.82, 2.24) is 5.32 Å². The van der Waals surface area contributed by atoms with Crippen LogP contribution < -0.4 is 10.6 Å². The molecular formula is C15H22N2O3S. The minimum atomic E-state index is -2.89. The number of anilines is 1. The maximum absolute atomic E-state index is 12.1. The van der Waals surface area contributed by atoms with Crippen LogP contribution in [-0.4, -0.2) is 38.4 Å². The Labute approximate surface area is 126 Å². The quantitative estimate of drug-likeness (QED) is 0.870. The van der Waals surface area contributed by atoms with E-state index in [1.54, 1.807) is 12.1 Å². The third-order valence-electron chi connectivity index (χ3n) is 3.62. The van der Waals surface area contributed by atoms with Crippen LogP contribution in [0.25, 0.3) is 0 Å². The highest BCUT2D eigenvalue weighted by Gasteiger charge is 2.24. The number of benzene rings is 1. The topological polar surface area (TPSA) is 75.3 Å². The average molecular weight is 310 g/mol. The lowest BCUT2D eigenvalue weighted by atomic mass is 10.1. The highest BCUT2D eigenvalue weighted by Crippen LogP contribution is 2.14. The molecular weight excluding hydrogens is 288 g/mol. The molecule has 6 heteroatoms. The van der Waals surface area contributed by atoms with Gasteiger partial charge in [0.1, 0.15) is 9.84 Å². The Balaban J connectivity index is 1.88. The van der Waals surface area contributed by atoms with Crippen molar-refractivity contribution in [3.8, 4) is 0 Å². The Kier molecular flexibility index (Phi) is 5.22. The molecule has 1 aliphatic rings. The second-order valence-electron chi connectivity index (χ2n) is 5.40. The fourth-order valence-corrected chi connectivity index (χ4v) is 3.80. The number of rotatable bonds is 5. The molecule has 116 valence electrons. The van der Waals surface area contributed by atoms with Crippen molar-refractivity contribution in [2.75, 3.05) is 23.4 Å². The average Bonchev–Trinajstić information content (AvgIpc) is 2.48. The van der Waals surface area contributed by atoms with Crippen LogP contribution in [-0.2, 0) is 9.84 Å². The molecule has 1 aromatic carbocycles. The summed E-state index contributed by atoms with van der Waals surface area (Å²) in [6, 6.07) is 7.30. The number of hydrogen-bond acceptors (Lipinski definition) is 4. The summed E-state index contributed by atoms with van der Waals surface area (Å²) in [4.78, 5) is 12.1. The Bertz CT molecular complexity index is 567. The molecule has 0 unspecified atom stereocenters. The Morgan fingerprint density at radius 1 is 1.19 bits per heavy atom. The first-order valence-electron chi connectivity index (χ1n) is 7.35. The summed E-state index contributed by atoms with van der Waals surface area (Å²) < 4.78 is 22.7. The van der Waals surface area contributed by atoms with E-state index in [0.29, 0.717) is 18.4 Å². The van der Waals surface area contributed by atoms with Gasteiger partial charge >= 0.3 is 0 Å². The lowest BCUT2D eigenvalue weighted by Gasteiger charge is -2.23. The van der Waals surface area contributed by atoms with Crippen LogP contribution in [0.2, 0.25) is 0 Å². The molecule has 0 aliphatic carbocycles. The Hall–Kier alpha value is -1.56. The molecule has 2 rings (SSSR count). The minimum Gasteiger partial charge on any atom is -0.385 e. The van der Waals surface area contributed by atoms with E-state index in [4.69, 9.17) is 0 Å². The molecule has 1 amide bonds. The highest BCUT2D eigenvalue weighted by atomic mass is 32.2. The van der Waals surface area contributed by atoms with Crippen LogP contribution in [0.1, 0.15) is 36.5 Å². The SMILES string of the molecule is CCCNc1ccc(C(=O)NC2CCS(=O)(=O)CC2)cc1. The number of sulfone groups is 1. The summed E-state index contributed by atoms with van der Waals surface area (Å²) in [5, 5.41) is 6.16. The monoisotopic (exact) mass is 310 g/mol. The molecule has 1 heterocycles. The largest absolute Gasteiger partial charge is 0.385 e. The van der Waals surface area contributed by atoms with Gasteiger partial charge in [0, 0.05) is 23.8 Å². The maximum Gasteiger partial charge on any atom is 0.251 e. The minimum absolute atomic E-state index is 0.0427. The van der Waals surface area contributed by atoms with E-state index in [-0.39, 0.29) is 23.5 Å². The molecule has 1 saturated heterocycles. The summed E-state index contributed by atoms with van der Waals surface area (Å²) >= 11 is 0. The van der Waals surface area contributed by atoms with Gasteiger partial charge in [-0.15, -0.1) is 0 Å². The second-order valence-corrected chi connectivity index (χ2v) is 7.71. The van der Waals surface area contributed by atoms with Crippen LogP contribution in [0.5, 0.6) is 0 Å². The number of carbonyl (C=O) groups excluding carboxylic acids is 1. The van der Waals surface area contributed by atoms with Gasteiger partial charge in [0.2, 0.25) is 0 Å². The fraction of sp³-hybridized carbons (Fsp3) is 0.533. The number of hydrogen-bond donors (Lipinski definition) is 2. The zero-order valence-electron chi connectivity index (χ0n) is 12.3. The standard InChI is InChI=1S/C15H22N2O3S/c1-2-9-16-13-5-3-12(4-6-13)15(18)17-14-7-10-21(19,20)11-8-14/h3-6,14,16H,2,7-11H2,1H3,(H,17,18). The van der Waals surface area contributed by atoms with Crippen molar-refractivity contribution in [3.05, 3.63) is 29.8 Å². The Morgan fingerprint density at radius 2 is 1.81 bits per heavy atom. The molecule has 0 bridgehead atoms. The van der Waals surface area contributed by atoms with Gasteiger partial charge < -0.3 is 10.6 Å². The lowest BCUT2D eigenvalue weighted by Crippen LogP contribution is -2.40. The van der Waals surface area contributed by atoms with Crippen molar-refractivity contribution >= 4 is 21.4 Å². The number of carbonyl (C=O) groups is 1. The molecule has 0 aromatic heterocycles. The Morgan fingerprint density at radius 3 is 2.38 bits per heavy atom. The van der Waals surface area contributed by atoms with Gasteiger partial charge in [-0.3, -0.25) is 4.79 Å². The third kappa shape index (κ3) is 4.74.